The highest BCUT2D eigenvalue weighted by molar-refractivity contribution is 5.02. The van der Waals surface area contributed by atoms with Gasteiger partial charge in [-0.3, -0.25) is 4.90 Å². The minimum atomic E-state index is 0.459. The first-order valence-corrected chi connectivity index (χ1v) is 9.62. The second-order valence-corrected chi connectivity index (χ2v) is 8.53. The lowest BCUT2D eigenvalue weighted by Gasteiger charge is -2.55. The molecule has 2 saturated carbocycles. The summed E-state index contributed by atoms with van der Waals surface area (Å²) in [6, 6.07) is 1.61. The Bertz CT molecular complexity index is 332. The van der Waals surface area contributed by atoms with Gasteiger partial charge in [0.05, 0.1) is 0 Å². The zero-order valence-electron chi connectivity index (χ0n) is 14.5. The van der Waals surface area contributed by atoms with E-state index in [1.165, 1.54) is 70.9 Å². The molecule has 3 atom stereocenters. The first kappa shape index (κ1) is 15.8. The number of piperazine rings is 1. The molecule has 3 unspecified atom stereocenters. The molecule has 1 heterocycles. The summed E-state index contributed by atoms with van der Waals surface area (Å²) in [6.45, 7) is 9.90. The molecule has 0 aromatic carbocycles. The molecule has 0 bridgehead atoms. The van der Waals surface area contributed by atoms with Gasteiger partial charge < -0.3 is 5.32 Å². The molecular weight excluding hydrogens is 256 g/mol. The molecule has 3 fully saturated rings. The lowest BCUT2D eigenvalue weighted by molar-refractivity contribution is -0.0208. The largest absolute Gasteiger partial charge is 0.308 e. The van der Waals surface area contributed by atoms with E-state index in [1.807, 2.05) is 0 Å². The zero-order valence-corrected chi connectivity index (χ0v) is 14.5. The zero-order chi connectivity index (χ0) is 14.9. The molecule has 1 spiro atoms. The van der Waals surface area contributed by atoms with E-state index < -0.39 is 0 Å². The van der Waals surface area contributed by atoms with Crippen molar-refractivity contribution in [2.45, 2.75) is 96.2 Å². The Morgan fingerprint density at radius 1 is 1.00 bits per heavy atom. The predicted octanol–water partition coefficient (Wildman–Crippen LogP) is 4.20. The highest BCUT2D eigenvalue weighted by Crippen LogP contribution is 2.37. The normalized spacial score (nSPS) is 38.0. The second-order valence-electron chi connectivity index (χ2n) is 8.53. The molecular formula is C19H36N2. The van der Waals surface area contributed by atoms with Gasteiger partial charge >= 0.3 is 0 Å². The van der Waals surface area contributed by atoms with Gasteiger partial charge in [0.15, 0.2) is 0 Å². The Labute approximate surface area is 132 Å². The summed E-state index contributed by atoms with van der Waals surface area (Å²) in [5, 5.41) is 4.01. The fourth-order valence-electron chi connectivity index (χ4n) is 5.30. The van der Waals surface area contributed by atoms with Crippen LogP contribution in [0.15, 0.2) is 0 Å². The van der Waals surface area contributed by atoms with Crippen molar-refractivity contribution < 1.29 is 0 Å². The Morgan fingerprint density at radius 2 is 1.71 bits per heavy atom. The summed E-state index contributed by atoms with van der Waals surface area (Å²) < 4.78 is 0. The molecule has 2 aliphatic carbocycles. The minimum Gasteiger partial charge on any atom is -0.308 e. The third kappa shape index (κ3) is 3.32. The molecule has 21 heavy (non-hydrogen) atoms. The molecule has 1 aliphatic heterocycles. The van der Waals surface area contributed by atoms with Crippen LogP contribution in [0.5, 0.6) is 0 Å². The molecule has 0 aromatic rings. The van der Waals surface area contributed by atoms with Crippen molar-refractivity contribution in [2.24, 2.45) is 11.8 Å². The van der Waals surface area contributed by atoms with Crippen molar-refractivity contribution in [3.05, 3.63) is 0 Å². The lowest BCUT2D eigenvalue weighted by Crippen LogP contribution is -2.68. The second kappa shape index (κ2) is 6.58. The van der Waals surface area contributed by atoms with Crippen LogP contribution in [0, 0.1) is 11.8 Å². The minimum absolute atomic E-state index is 0.459. The topological polar surface area (TPSA) is 15.3 Å². The van der Waals surface area contributed by atoms with Crippen molar-refractivity contribution >= 4 is 0 Å². The van der Waals surface area contributed by atoms with Gasteiger partial charge in [-0.1, -0.05) is 52.9 Å². The summed E-state index contributed by atoms with van der Waals surface area (Å²) in [5.74, 6) is 1.67. The first-order valence-electron chi connectivity index (χ1n) is 9.62. The van der Waals surface area contributed by atoms with Crippen LogP contribution in [0.25, 0.3) is 0 Å². The van der Waals surface area contributed by atoms with Crippen LogP contribution in [0.2, 0.25) is 0 Å². The third-order valence-electron chi connectivity index (χ3n) is 6.67. The van der Waals surface area contributed by atoms with Crippen molar-refractivity contribution in [1.82, 2.24) is 10.2 Å². The van der Waals surface area contributed by atoms with Crippen LogP contribution >= 0.6 is 0 Å². The average Bonchev–Trinajstić information content (AvgIpc) is 2.48. The molecule has 122 valence electrons. The van der Waals surface area contributed by atoms with E-state index in [-0.39, 0.29) is 0 Å². The summed E-state index contributed by atoms with van der Waals surface area (Å²) in [7, 11) is 0. The van der Waals surface area contributed by atoms with E-state index in [1.54, 1.807) is 0 Å². The fourth-order valence-corrected chi connectivity index (χ4v) is 5.30. The van der Waals surface area contributed by atoms with E-state index in [0.717, 1.165) is 23.9 Å². The van der Waals surface area contributed by atoms with Crippen LogP contribution in [-0.2, 0) is 0 Å². The van der Waals surface area contributed by atoms with Gasteiger partial charge in [-0.2, -0.15) is 0 Å². The highest BCUT2D eigenvalue weighted by Gasteiger charge is 2.44. The Hall–Kier alpha value is -0.0800. The molecule has 1 saturated heterocycles. The molecule has 2 nitrogen and oxygen atoms in total. The number of hydrogen-bond acceptors (Lipinski definition) is 2. The molecule has 1 N–H and O–H groups in total. The van der Waals surface area contributed by atoms with Crippen LogP contribution in [-0.4, -0.2) is 35.6 Å². The molecule has 0 amide bonds. The molecule has 2 heteroatoms. The number of nitrogens with zero attached hydrogens (tertiary/aromatic N) is 1. The van der Waals surface area contributed by atoms with Crippen LogP contribution < -0.4 is 5.32 Å². The van der Waals surface area contributed by atoms with Crippen LogP contribution in [0.4, 0.5) is 0 Å². The van der Waals surface area contributed by atoms with Crippen molar-refractivity contribution in [1.29, 1.82) is 0 Å². The van der Waals surface area contributed by atoms with Gasteiger partial charge in [0.25, 0.3) is 0 Å². The molecule has 0 radical (unpaired) electrons. The van der Waals surface area contributed by atoms with E-state index >= 15 is 0 Å². The highest BCUT2D eigenvalue weighted by atomic mass is 15.3. The van der Waals surface area contributed by atoms with E-state index in [4.69, 9.17) is 0 Å². The summed E-state index contributed by atoms with van der Waals surface area (Å²) in [6.07, 6.45) is 13.0. The third-order valence-corrected chi connectivity index (χ3v) is 6.67. The van der Waals surface area contributed by atoms with Gasteiger partial charge in [-0.15, -0.1) is 0 Å². The molecule has 3 rings (SSSR count). The van der Waals surface area contributed by atoms with Gasteiger partial charge in [-0.05, 0) is 37.5 Å². The Morgan fingerprint density at radius 3 is 2.38 bits per heavy atom. The quantitative estimate of drug-likeness (QED) is 0.820. The van der Waals surface area contributed by atoms with E-state index in [9.17, 15) is 0 Å². The average molecular weight is 293 g/mol. The lowest BCUT2D eigenvalue weighted by atomic mass is 9.76. The number of nitrogens with one attached hydrogen (secondary N) is 1. The number of hydrogen-bond donors (Lipinski definition) is 1. The summed E-state index contributed by atoms with van der Waals surface area (Å²) >= 11 is 0. The van der Waals surface area contributed by atoms with Crippen molar-refractivity contribution in [3.8, 4) is 0 Å². The molecule has 3 aliphatic rings. The smallest absolute Gasteiger partial charge is 0.0309 e. The van der Waals surface area contributed by atoms with E-state index in [2.05, 4.69) is 31.0 Å². The maximum atomic E-state index is 4.01. The monoisotopic (exact) mass is 292 g/mol. The SMILES string of the molecule is CC(C)C1CNC2(CCCCC2)CN1C1CCCCC1C. The standard InChI is InChI=1S/C19H36N2/c1-15(2)18-13-20-19(11-7-4-8-12-19)14-21(18)17-10-6-5-9-16(17)3/h15-18,20H,4-14H2,1-3H3. The van der Waals surface area contributed by atoms with Gasteiger partial charge in [0, 0.05) is 30.7 Å². The summed E-state index contributed by atoms with van der Waals surface area (Å²) in [4.78, 5) is 2.97. The van der Waals surface area contributed by atoms with Crippen molar-refractivity contribution in [2.75, 3.05) is 13.1 Å². The van der Waals surface area contributed by atoms with E-state index in [0.29, 0.717) is 5.54 Å². The first-order chi connectivity index (χ1) is 10.1. The van der Waals surface area contributed by atoms with Crippen LogP contribution in [0.3, 0.4) is 0 Å². The van der Waals surface area contributed by atoms with Crippen molar-refractivity contribution in [3.63, 3.8) is 0 Å². The maximum Gasteiger partial charge on any atom is 0.0309 e. The van der Waals surface area contributed by atoms with Gasteiger partial charge in [0.1, 0.15) is 0 Å². The molecule has 0 aromatic heterocycles. The Balaban J connectivity index is 1.77. The fraction of sp³-hybridized carbons (Fsp3) is 1.00. The van der Waals surface area contributed by atoms with Gasteiger partial charge in [0.2, 0.25) is 0 Å². The summed E-state index contributed by atoms with van der Waals surface area (Å²) in [5.41, 5.74) is 0.459. The maximum absolute atomic E-state index is 4.01. The number of rotatable bonds is 2. The van der Waals surface area contributed by atoms with Gasteiger partial charge in [-0.25, -0.2) is 0 Å². The van der Waals surface area contributed by atoms with Crippen LogP contribution in [0.1, 0.15) is 78.6 Å². The Kier molecular flexibility index (Phi) is 4.95. The predicted molar refractivity (Wildman–Crippen MR) is 90.6 cm³/mol.